The molecule has 1 saturated heterocycles. The summed E-state index contributed by atoms with van der Waals surface area (Å²) >= 11 is 5.85. The van der Waals surface area contributed by atoms with Crippen LogP contribution in [0.3, 0.4) is 0 Å². The number of aromatic hydroxyl groups is 1. The van der Waals surface area contributed by atoms with Crippen molar-refractivity contribution in [1.29, 1.82) is 0 Å². The van der Waals surface area contributed by atoms with E-state index in [1.807, 2.05) is 0 Å². The number of rotatable bonds is 3. The summed E-state index contributed by atoms with van der Waals surface area (Å²) in [5.74, 6) is -1.74. The number of fused-ring (bicyclic) bond motifs is 3. The van der Waals surface area contributed by atoms with Gasteiger partial charge in [0.1, 0.15) is 16.7 Å². The highest BCUT2D eigenvalue weighted by Crippen LogP contribution is 2.38. The SMILES string of the molecule is CN1CCn2c(c(O)c3c(=O)n(Cc4ccc(F)c(Cl)c4)nc(N4CCCS4(=O)=O)c32)C1=O. The van der Waals surface area contributed by atoms with Crippen LogP contribution in [0.5, 0.6) is 5.75 Å². The molecule has 13 heteroatoms. The first kappa shape index (κ1) is 21.7. The quantitative estimate of drug-likeness (QED) is 0.586. The van der Waals surface area contributed by atoms with E-state index in [4.69, 9.17) is 11.6 Å². The van der Waals surface area contributed by atoms with Crippen molar-refractivity contribution in [3.05, 3.63) is 50.7 Å². The largest absolute Gasteiger partial charge is 0.505 e. The Bertz CT molecular complexity index is 1500. The number of likely N-dealkylation sites (N-methyl/N-ethyl adjacent to an activating group) is 1. The van der Waals surface area contributed by atoms with Gasteiger partial charge in [0.2, 0.25) is 10.0 Å². The van der Waals surface area contributed by atoms with Crippen LogP contribution in [0.2, 0.25) is 5.02 Å². The van der Waals surface area contributed by atoms with Crippen molar-refractivity contribution in [3.63, 3.8) is 0 Å². The second-order valence-electron chi connectivity index (χ2n) is 8.08. The van der Waals surface area contributed by atoms with Gasteiger partial charge in [0.15, 0.2) is 17.3 Å². The fourth-order valence-electron chi connectivity index (χ4n) is 4.31. The minimum Gasteiger partial charge on any atom is -0.505 e. The highest BCUT2D eigenvalue weighted by Gasteiger charge is 2.37. The van der Waals surface area contributed by atoms with Crippen LogP contribution < -0.4 is 9.86 Å². The number of anilines is 1. The Balaban J connectivity index is 1.81. The lowest BCUT2D eigenvalue weighted by molar-refractivity contribution is 0.0747. The molecule has 1 fully saturated rings. The highest BCUT2D eigenvalue weighted by molar-refractivity contribution is 7.93. The van der Waals surface area contributed by atoms with E-state index in [-0.39, 0.29) is 52.8 Å². The van der Waals surface area contributed by atoms with Gasteiger partial charge in [0.25, 0.3) is 11.5 Å². The smallest absolute Gasteiger partial charge is 0.280 e. The van der Waals surface area contributed by atoms with Crippen molar-refractivity contribution in [1.82, 2.24) is 19.2 Å². The zero-order valence-corrected chi connectivity index (χ0v) is 19.0. The molecule has 0 spiro atoms. The molecular weight excluding hydrogens is 477 g/mol. The fourth-order valence-corrected chi connectivity index (χ4v) is 6.02. The zero-order chi connectivity index (χ0) is 23.7. The number of hydrogen-bond acceptors (Lipinski definition) is 6. The highest BCUT2D eigenvalue weighted by atomic mass is 35.5. The van der Waals surface area contributed by atoms with Gasteiger partial charge in [-0.05, 0) is 24.1 Å². The Morgan fingerprint density at radius 3 is 2.64 bits per heavy atom. The molecule has 0 aliphatic carbocycles. The first-order valence-electron chi connectivity index (χ1n) is 10.2. The molecule has 2 aromatic heterocycles. The molecule has 174 valence electrons. The van der Waals surface area contributed by atoms with Crippen molar-refractivity contribution in [2.75, 3.05) is 30.2 Å². The van der Waals surface area contributed by atoms with E-state index in [0.717, 1.165) is 15.1 Å². The Hall–Kier alpha value is -3.12. The van der Waals surface area contributed by atoms with Gasteiger partial charge < -0.3 is 14.6 Å². The van der Waals surface area contributed by atoms with E-state index >= 15 is 0 Å². The molecule has 10 nitrogen and oxygen atoms in total. The summed E-state index contributed by atoms with van der Waals surface area (Å²) < 4.78 is 42.6. The van der Waals surface area contributed by atoms with E-state index in [1.165, 1.54) is 21.6 Å². The molecule has 0 unspecified atom stereocenters. The summed E-state index contributed by atoms with van der Waals surface area (Å²) in [5.41, 5.74) is -0.239. The topological polar surface area (TPSA) is 118 Å². The van der Waals surface area contributed by atoms with Gasteiger partial charge in [-0.3, -0.25) is 13.9 Å². The molecule has 1 aromatic carbocycles. The maximum atomic E-state index is 13.6. The van der Waals surface area contributed by atoms with Crippen molar-refractivity contribution in [2.24, 2.45) is 0 Å². The van der Waals surface area contributed by atoms with Gasteiger partial charge in [-0.1, -0.05) is 17.7 Å². The monoisotopic (exact) mass is 495 g/mol. The number of nitrogens with zero attached hydrogens (tertiary/aromatic N) is 5. The average Bonchev–Trinajstić information content (AvgIpc) is 3.26. The molecule has 1 N–H and O–H groups in total. The normalized spacial score (nSPS) is 17.7. The third-order valence-corrected chi connectivity index (χ3v) is 8.09. The molecule has 0 bridgehead atoms. The zero-order valence-electron chi connectivity index (χ0n) is 17.5. The van der Waals surface area contributed by atoms with E-state index in [0.29, 0.717) is 18.5 Å². The number of halogens is 2. The Morgan fingerprint density at radius 1 is 1.21 bits per heavy atom. The number of hydrogen-bond donors (Lipinski definition) is 1. The molecule has 1 amide bonds. The predicted octanol–water partition coefficient (Wildman–Crippen LogP) is 1.37. The van der Waals surface area contributed by atoms with E-state index < -0.39 is 33.1 Å². The Kier molecular flexibility index (Phi) is 4.90. The van der Waals surface area contributed by atoms with Crippen LogP contribution in [0.1, 0.15) is 22.5 Å². The van der Waals surface area contributed by atoms with E-state index in [2.05, 4.69) is 5.10 Å². The summed E-state index contributed by atoms with van der Waals surface area (Å²) in [5, 5.41) is 14.9. The summed E-state index contributed by atoms with van der Waals surface area (Å²) in [6.45, 7) is 0.580. The van der Waals surface area contributed by atoms with Gasteiger partial charge >= 0.3 is 0 Å². The second kappa shape index (κ2) is 7.45. The Morgan fingerprint density at radius 2 is 1.97 bits per heavy atom. The molecule has 5 rings (SSSR count). The number of aromatic nitrogens is 3. The molecule has 0 radical (unpaired) electrons. The number of benzene rings is 1. The molecule has 3 aromatic rings. The van der Waals surface area contributed by atoms with Crippen LogP contribution in [-0.2, 0) is 23.1 Å². The minimum atomic E-state index is -3.69. The predicted molar refractivity (Wildman–Crippen MR) is 119 cm³/mol. The number of sulfonamides is 1. The lowest BCUT2D eigenvalue weighted by Crippen LogP contribution is -2.37. The summed E-state index contributed by atoms with van der Waals surface area (Å²) in [4.78, 5) is 27.5. The lowest BCUT2D eigenvalue weighted by Gasteiger charge is -2.26. The molecule has 33 heavy (non-hydrogen) atoms. The molecule has 0 saturated carbocycles. The van der Waals surface area contributed by atoms with Crippen molar-refractivity contribution in [3.8, 4) is 5.75 Å². The summed E-state index contributed by atoms with van der Waals surface area (Å²) in [7, 11) is -2.12. The number of amides is 1. The van der Waals surface area contributed by atoms with E-state index in [1.54, 1.807) is 7.05 Å². The number of carbonyl (C=O) groups is 1. The summed E-state index contributed by atoms with van der Waals surface area (Å²) in [6, 6.07) is 3.91. The lowest BCUT2D eigenvalue weighted by atomic mass is 10.2. The standard InChI is InChI=1S/C20H19ClFN5O5S/c1-24-6-7-25-15-14(17(28)16(25)20(24)30)19(29)26(10-11-3-4-13(22)12(21)9-11)23-18(15)27-5-2-8-33(27,31)32/h3-4,9,28H,2,5-8,10H2,1H3. The first-order valence-corrected chi connectivity index (χ1v) is 12.1. The molecular formula is C20H19ClFN5O5S. The van der Waals surface area contributed by atoms with Crippen molar-refractivity contribution >= 4 is 44.3 Å². The van der Waals surface area contributed by atoms with Gasteiger partial charge in [-0.15, -0.1) is 5.10 Å². The fraction of sp³-hybridized carbons (Fsp3) is 0.350. The molecule has 0 atom stereocenters. The summed E-state index contributed by atoms with van der Waals surface area (Å²) in [6.07, 6.45) is 0.374. The Labute approximate surface area is 192 Å². The van der Waals surface area contributed by atoms with Gasteiger partial charge in [0.05, 0.1) is 17.3 Å². The maximum absolute atomic E-state index is 13.6. The van der Waals surface area contributed by atoms with Crippen LogP contribution in [-0.4, -0.2) is 64.6 Å². The van der Waals surface area contributed by atoms with Crippen LogP contribution in [0.4, 0.5) is 10.2 Å². The second-order valence-corrected chi connectivity index (χ2v) is 10.5. The van der Waals surface area contributed by atoms with Gasteiger partial charge in [0, 0.05) is 26.7 Å². The number of carbonyl (C=O) groups excluding carboxylic acids is 1. The maximum Gasteiger partial charge on any atom is 0.280 e. The van der Waals surface area contributed by atoms with E-state index in [9.17, 15) is 27.5 Å². The van der Waals surface area contributed by atoms with Gasteiger partial charge in [-0.25, -0.2) is 17.5 Å². The molecule has 2 aliphatic rings. The average molecular weight is 496 g/mol. The van der Waals surface area contributed by atoms with Gasteiger partial charge in [-0.2, -0.15) is 0 Å². The van der Waals surface area contributed by atoms with Crippen molar-refractivity contribution < 1.29 is 22.7 Å². The van der Waals surface area contributed by atoms with Crippen LogP contribution in [0, 0.1) is 5.82 Å². The molecule has 4 heterocycles. The van der Waals surface area contributed by atoms with Crippen LogP contribution in [0.15, 0.2) is 23.0 Å². The third kappa shape index (κ3) is 3.27. The van der Waals surface area contributed by atoms with Crippen molar-refractivity contribution in [2.45, 2.75) is 19.5 Å². The first-order chi connectivity index (χ1) is 15.6. The van der Waals surface area contributed by atoms with Crippen LogP contribution in [0.25, 0.3) is 10.9 Å². The van der Waals surface area contributed by atoms with Crippen LogP contribution >= 0.6 is 11.6 Å². The molecule has 2 aliphatic heterocycles. The third-order valence-electron chi connectivity index (χ3n) is 5.97. The minimum absolute atomic E-state index is 0.0331.